The molecule has 0 aliphatic heterocycles. The van der Waals surface area contributed by atoms with Crippen LogP contribution in [0.2, 0.25) is 0 Å². The second-order valence-corrected chi connectivity index (χ2v) is 4.18. The Bertz CT molecular complexity index is 365. The fourth-order valence-electron chi connectivity index (χ4n) is 1.41. The number of hydrogen-bond acceptors (Lipinski definition) is 4. The van der Waals surface area contributed by atoms with Gasteiger partial charge < -0.3 is 19.7 Å². The summed E-state index contributed by atoms with van der Waals surface area (Å²) in [6, 6.07) is 3.37. The normalized spacial score (nSPS) is 14.4. The molecule has 1 rings (SSSR count). The average molecular weight is 291 g/mol. The van der Waals surface area contributed by atoms with Crippen molar-refractivity contribution in [1.29, 1.82) is 0 Å². The van der Waals surface area contributed by atoms with Crippen LogP contribution in [0.25, 0.3) is 0 Å². The first-order valence-corrected chi connectivity index (χ1v) is 5.58. The molecule has 4 nitrogen and oxygen atoms in total. The van der Waals surface area contributed by atoms with E-state index in [1.807, 2.05) is 0 Å². The summed E-state index contributed by atoms with van der Waals surface area (Å²) in [7, 11) is 3.04. The van der Waals surface area contributed by atoms with Gasteiger partial charge in [-0.1, -0.05) is 0 Å². The molecule has 16 heavy (non-hydrogen) atoms. The van der Waals surface area contributed by atoms with Gasteiger partial charge in [-0.3, -0.25) is 0 Å². The summed E-state index contributed by atoms with van der Waals surface area (Å²) in [6.45, 7) is 1.52. The molecule has 5 heteroatoms. The second-order valence-electron chi connectivity index (χ2n) is 3.39. The number of rotatable bonds is 4. The molecule has 0 saturated heterocycles. The molecule has 2 N–H and O–H groups in total. The van der Waals surface area contributed by atoms with Gasteiger partial charge in [-0.2, -0.15) is 0 Å². The summed E-state index contributed by atoms with van der Waals surface area (Å²) in [5.74, 6) is 1.08. The Kier molecular flexibility index (Phi) is 4.58. The molecule has 1 aromatic rings. The van der Waals surface area contributed by atoms with Gasteiger partial charge in [0, 0.05) is 5.56 Å². The number of aliphatic hydroxyl groups excluding tert-OH is 2. The zero-order valence-electron chi connectivity index (χ0n) is 9.40. The van der Waals surface area contributed by atoms with Gasteiger partial charge in [-0.25, -0.2) is 0 Å². The van der Waals surface area contributed by atoms with Crippen LogP contribution in [0.3, 0.4) is 0 Å². The van der Waals surface area contributed by atoms with E-state index in [1.54, 1.807) is 19.2 Å². The Morgan fingerprint density at radius 1 is 1.19 bits per heavy atom. The maximum Gasteiger partial charge on any atom is 0.142 e. The third-order valence-corrected chi connectivity index (χ3v) is 3.04. The molecule has 2 atom stereocenters. The molecule has 0 aliphatic rings. The van der Waals surface area contributed by atoms with Crippen molar-refractivity contribution in [2.75, 3.05) is 14.2 Å². The van der Waals surface area contributed by atoms with Crippen molar-refractivity contribution in [3.63, 3.8) is 0 Å². The van der Waals surface area contributed by atoms with Crippen molar-refractivity contribution in [2.45, 2.75) is 19.1 Å². The summed E-state index contributed by atoms with van der Waals surface area (Å²) in [4.78, 5) is 0. The van der Waals surface area contributed by atoms with E-state index in [4.69, 9.17) is 9.47 Å². The first-order chi connectivity index (χ1) is 7.52. The van der Waals surface area contributed by atoms with Gasteiger partial charge in [0.2, 0.25) is 0 Å². The minimum Gasteiger partial charge on any atom is -0.495 e. The lowest BCUT2D eigenvalue weighted by Crippen LogP contribution is -2.15. The van der Waals surface area contributed by atoms with Crippen LogP contribution in [0, 0.1) is 0 Å². The van der Waals surface area contributed by atoms with Gasteiger partial charge in [0.05, 0.1) is 20.3 Å². The van der Waals surface area contributed by atoms with Crippen molar-refractivity contribution in [2.24, 2.45) is 0 Å². The van der Waals surface area contributed by atoms with Crippen LogP contribution < -0.4 is 9.47 Å². The highest BCUT2D eigenvalue weighted by Crippen LogP contribution is 2.40. The molecular weight excluding hydrogens is 276 g/mol. The predicted octanol–water partition coefficient (Wildman–Crippen LogP) is 1.88. The van der Waals surface area contributed by atoms with Crippen molar-refractivity contribution < 1.29 is 19.7 Å². The molecular formula is C11H15BrO4. The van der Waals surface area contributed by atoms with E-state index >= 15 is 0 Å². The molecule has 0 amide bonds. The van der Waals surface area contributed by atoms with E-state index in [9.17, 15) is 10.2 Å². The van der Waals surface area contributed by atoms with Crippen molar-refractivity contribution >= 4 is 15.9 Å². The third-order valence-electron chi connectivity index (χ3n) is 2.29. The molecule has 0 heterocycles. The van der Waals surface area contributed by atoms with Gasteiger partial charge >= 0.3 is 0 Å². The Balaban J connectivity index is 3.25. The predicted molar refractivity (Wildman–Crippen MR) is 63.9 cm³/mol. The lowest BCUT2D eigenvalue weighted by Gasteiger charge is -2.19. The standard InChI is InChI=1S/C11H15BrO4/c1-6(13)10(14)7-4-5-8(15-2)9(12)11(7)16-3/h4-6,10,13-14H,1-3H3. The molecule has 0 fully saturated rings. The number of ether oxygens (including phenoxy) is 2. The van der Waals surface area contributed by atoms with Crippen LogP contribution in [-0.4, -0.2) is 30.5 Å². The van der Waals surface area contributed by atoms with Crippen LogP contribution in [0.15, 0.2) is 16.6 Å². The number of halogens is 1. The molecule has 2 unspecified atom stereocenters. The van der Waals surface area contributed by atoms with Crippen LogP contribution in [-0.2, 0) is 0 Å². The third kappa shape index (κ3) is 2.48. The molecule has 0 spiro atoms. The molecule has 0 saturated carbocycles. The largest absolute Gasteiger partial charge is 0.495 e. The van der Waals surface area contributed by atoms with Crippen LogP contribution >= 0.6 is 15.9 Å². The topological polar surface area (TPSA) is 58.9 Å². The zero-order valence-corrected chi connectivity index (χ0v) is 11.0. The highest BCUT2D eigenvalue weighted by atomic mass is 79.9. The summed E-state index contributed by atoms with van der Waals surface area (Å²) < 4.78 is 10.9. The summed E-state index contributed by atoms with van der Waals surface area (Å²) in [5, 5.41) is 19.2. The van der Waals surface area contributed by atoms with Gasteiger partial charge in [-0.05, 0) is 35.0 Å². The summed E-state index contributed by atoms with van der Waals surface area (Å²) in [6.07, 6.45) is -1.86. The van der Waals surface area contributed by atoms with Gasteiger partial charge in [-0.15, -0.1) is 0 Å². The van der Waals surface area contributed by atoms with E-state index in [-0.39, 0.29) is 0 Å². The molecule has 0 bridgehead atoms. The number of aliphatic hydroxyl groups is 2. The van der Waals surface area contributed by atoms with Crippen LogP contribution in [0.1, 0.15) is 18.6 Å². The van der Waals surface area contributed by atoms with Gasteiger partial charge in [0.25, 0.3) is 0 Å². The average Bonchev–Trinajstić information content (AvgIpc) is 2.27. The highest BCUT2D eigenvalue weighted by molar-refractivity contribution is 9.10. The van der Waals surface area contributed by atoms with Crippen LogP contribution in [0.5, 0.6) is 11.5 Å². The van der Waals surface area contributed by atoms with Crippen LogP contribution in [0.4, 0.5) is 0 Å². The number of benzene rings is 1. The number of methoxy groups -OCH3 is 2. The van der Waals surface area contributed by atoms with E-state index in [1.165, 1.54) is 14.0 Å². The molecule has 90 valence electrons. The molecule has 0 radical (unpaired) electrons. The molecule has 0 aliphatic carbocycles. The van der Waals surface area contributed by atoms with Gasteiger partial charge in [0.1, 0.15) is 22.1 Å². The summed E-state index contributed by atoms with van der Waals surface area (Å²) >= 11 is 3.33. The highest BCUT2D eigenvalue weighted by Gasteiger charge is 2.21. The fourth-order valence-corrected chi connectivity index (χ4v) is 2.10. The van der Waals surface area contributed by atoms with E-state index in [0.29, 0.717) is 21.5 Å². The monoisotopic (exact) mass is 290 g/mol. The maximum atomic E-state index is 9.81. The smallest absolute Gasteiger partial charge is 0.142 e. The minimum absolute atomic E-state index is 0.466. The van der Waals surface area contributed by atoms with E-state index < -0.39 is 12.2 Å². The Labute approximate surface area is 103 Å². The Morgan fingerprint density at radius 2 is 1.81 bits per heavy atom. The van der Waals surface area contributed by atoms with Gasteiger partial charge in [0.15, 0.2) is 0 Å². The lowest BCUT2D eigenvalue weighted by atomic mass is 10.0. The van der Waals surface area contributed by atoms with E-state index in [0.717, 1.165) is 0 Å². The summed E-state index contributed by atoms with van der Waals surface area (Å²) in [5.41, 5.74) is 0.519. The quantitative estimate of drug-likeness (QED) is 0.889. The molecule has 0 aromatic heterocycles. The Morgan fingerprint density at radius 3 is 2.25 bits per heavy atom. The maximum absolute atomic E-state index is 9.81. The first kappa shape index (κ1) is 13.3. The van der Waals surface area contributed by atoms with Crippen molar-refractivity contribution in [3.05, 3.63) is 22.2 Å². The van der Waals surface area contributed by atoms with Crippen molar-refractivity contribution in [3.8, 4) is 11.5 Å². The second kappa shape index (κ2) is 5.52. The van der Waals surface area contributed by atoms with Crippen molar-refractivity contribution in [1.82, 2.24) is 0 Å². The molecule has 1 aromatic carbocycles. The van der Waals surface area contributed by atoms with E-state index in [2.05, 4.69) is 15.9 Å². The lowest BCUT2D eigenvalue weighted by molar-refractivity contribution is 0.0289. The zero-order chi connectivity index (χ0) is 12.3. The first-order valence-electron chi connectivity index (χ1n) is 4.79. The SMILES string of the molecule is COc1ccc(C(O)C(C)O)c(OC)c1Br. The Hall–Kier alpha value is -0.780. The fraction of sp³-hybridized carbons (Fsp3) is 0.455. The number of hydrogen-bond donors (Lipinski definition) is 2. The minimum atomic E-state index is -0.989.